The molecule has 1 N–H and O–H groups in total. The number of hydrogen-bond acceptors (Lipinski definition) is 3. The molecule has 43 heavy (non-hydrogen) atoms. The van der Waals surface area contributed by atoms with E-state index in [0.29, 0.717) is 6.54 Å². The highest BCUT2D eigenvalue weighted by molar-refractivity contribution is 9.10. The number of aryl methyl sites for hydroxylation is 1. The molecule has 0 aliphatic carbocycles. The van der Waals surface area contributed by atoms with Gasteiger partial charge >= 0.3 is 0 Å². The molecule has 0 bridgehead atoms. The van der Waals surface area contributed by atoms with Crippen molar-refractivity contribution in [3.8, 4) is 16.9 Å². The average molecular weight is 637 g/mol. The lowest BCUT2D eigenvalue weighted by molar-refractivity contribution is 0.0439. The summed E-state index contributed by atoms with van der Waals surface area (Å²) in [5.74, 6) is 0.0981. The van der Waals surface area contributed by atoms with Gasteiger partial charge in [-0.1, -0.05) is 113 Å². The Labute approximate surface area is 263 Å². The second kappa shape index (κ2) is 14.5. The average Bonchev–Trinajstić information content (AvgIpc) is 3.40. The van der Waals surface area contributed by atoms with E-state index in [1.54, 1.807) is 0 Å². The predicted molar refractivity (Wildman–Crippen MR) is 178 cm³/mol. The van der Waals surface area contributed by atoms with E-state index in [0.717, 1.165) is 65.8 Å². The monoisotopic (exact) mass is 635 g/mol. The number of hydrogen-bond donors (Lipinski definition) is 1. The molecule has 4 aromatic carbocycles. The number of carbonyl (C=O) groups is 1. The SMILES string of the molecule is CO.Cc1cc(C(=O)N2CCN(Cc3ccccc3)C[C@H]2Cc2ccccc2)c(-c2ccccc2)n1-c1cccc(Br)c1. The van der Waals surface area contributed by atoms with Gasteiger partial charge in [-0.05, 0) is 54.3 Å². The van der Waals surface area contributed by atoms with Gasteiger partial charge in [0.15, 0.2) is 0 Å². The fourth-order valence-corrected chi connectivity index (χ4v) is 6.41. The van der Waals surface area contributed by atoms with E-state index in [1.165, 1.54) is 11.1 Å². The van der Waals surface area contributed by atoms with Crippen LogP contribution in [0.3, 0.4) is 0 Å². The minimum Gasteiger partial charge on any atom is -0.400 e. The minimum absolute atomic E-state index is 0.0699. The van der Waals surface area contributed by atoms with Gasteiger partial charge in [0.1, 0.15) is 0 Å². The molecule has 0 unspecified atom stereocenters. The van der Waals surface area contributed by atoms with Crippen LogP contribution in [0.5, 0.6) is 0 Å². The van der Waals surface area contributed by atoms with E-state index in [-0.39, 0.29) is 11.9 Å². The molecule has 1 saturated heterocycles. The summed E-state index contributed by atoms with van der Waals surface area (Å²) in [5, 5.41) is 7.00. The number of amides is 1. The Morgan fingerprint density at radius 1 is 0.791 bits per heavy atom. The van der Waals surface area contributed by atoms with Crippen LogP contribution in [0.25, 0.3) is 16.9 Å². The molecular weight excluding hydrogens is 598 g/mol. The molecule has 1 amide bonds. The van der Waals surface area contributed by atoms with Crippen molar-refractivity contribution < 1.29 is 9.90 Å². The summed E-state index contributed by atoms with van der Waals surface area (Å²) in [7, 11) is 1.00. The highest BCUT2D eigenvalue weighted by atomic mass is 79.9. The predicted octanol–water partition coefficient (Wildman–Crippen LogP) is 7.39. The van der Waals surface area contributed by atoms with Crippen LogP contribution in [0.4, 0.5) is 0 Å². The van der Waals surface area contributed by atoms with Crippen molar-refractivity contribution in [3.05, 3.63) is 148 Å². The van der Waals surface area contributed by atoms with E-state index < -0.39 is 0 Å². The fourth-order valence-electron chi connectivity index (χ4n) is 6.02. The number of benzene rings is 4. The Hall–Kier alpha value is -3.97. The van der Waals surface area contributed by atoms with Gasteiger partial charge in [-0.15, -0.1) is 0 Å². The summed E-state index contributed by atoms with van der Waals surface area (Å²) in [6.07, 6.45) is 0.823. The van der Waals surface area contributed by atoms with Gasteiger partial charge in [0.25, 0.3) is 5.91 Å². The molecule has 0 radical (unpaired) electrons. The molecule has 2 heterocycles. The summed E-state index contributed by atoms with van der Waals surface area (Å²) in [6.45, 7) is 5.35. The maximum Gasteiger partial charge on any atom is 0.256 e. The second-order valence-corrected chi connectivity index (χ2v) is 11.7. The smallest absolute Gasteiger partial charge is 0.256 e. The van der Waals surface area contributed by atoms with Crippen LogP contribution in [-0.4, -0.2) is 58.2 Å². The molecule has 6 rings (SSSR count). The lowest BCUT2D eigenvalue weighted by atomic mass is 9.99. The van der Waals surface area contributed by atoms with Crippen LogP contribution in [-0.2, 0) is 13.0 Å². The van der Waals surface area contributed by atoms with Crippen molar-refractivity contribution in [3.63, 3.8) is 0 Å². The molecule has 220 valence electrons. The van der Waals surface area contributed by atoms with Crippen LogP contribution in [0.1, 0.15) is 27.2 Å². The third-order valence-corrected chi connectivity index (χ3v) is 8.41. The van der Waals surface area contributed by atoms with Gasteiger partial charge in [-0.2, -0.15) is 0 Å². The number of aliphatic hydroxyl groups excluding tert-OH is 1. The topological polar surface area (TPSA) is 48.7 Å². The summed E-state index contributed by atoms with van der Waals surface area (Å²) < 4.78 is 3.22. The van der Waals surface area contributed by atoms with Crippen LogP contribution in [0.15, 0.2) is 126 Å². The first kappa shape index (κ1) is 30.5. The second-order valence-electron chi connectivity index (χ2n) is 10.8. The van der Waals surface area contributed by atoms with Gasteiger partial charge in [0.05, 0.1) is 11.3 Å². The Kier molecular flexibility index (Phi) is 10.3. The molecule has 1 fully saturated rings. The van der Waals surface area contributed by atoms with E-state index in [1.807, 2.05) is 30.3 Å². The van der Waals surface area contributed by atoms with E-state index in [2.05, 4.69) is 128 Å². The zero-order valence-electron chi connectivity index (χ0n) is 24.7. The quantitative estimate of drug-likeness (QED) is 0.203. The third kappa shape index (κ3) is 7.16. The Bertz CT molecular complexity index is 1620. The van der Waals surface area contributed by atoms with Crippen molar-refractivity contribution in [2.24, 2.45) is 0 Å². The van der Waals surface area contributed by atoms with Gasteiger partial charge in [-0.25, -0.2) is 0 Å². The molecule has 0 spiro atoms. The van der Waals surface area contributed by atoms with Gasteiger partial charge in [0, 0.05) is 55.2 Å². The summed E-state index contributed by atoms with van der Waals surface area (Å²) in [4.78, 5) is 19.2. The number of halogens is 1. The minimum atomic E-state index is 0.0699. The number of carbonyl (C=O) groups excluding carboxylic acids is 1. The highest BCUT2D eigenvalue weighted by Gasteiger charge is 2.33. The molecule has 1 atom stereocenters. The van der Waals surface area contributed by atoms with Crippen molar-refractivity contribution in [2.45, 2.75) is 25.9 Å². The molecule has 1 aliphatic rings. The van der Waals surface area contributed by atoms with Crippen molar-refractivity contribution in [2.75, 3.05) is 26.7 Å². The van der Waals surface area contributed by atoms with Crippen molar-refractivity contribution in [1.29, 1.82) is 0 Å². The Balaban J connectivity index is 0.00000180. The summed E-state index contributed by atoms with van der Waals surface area (Å²) in [6, 6.07) is 41.9. The first-order chi connectivity index (χ1) is 21.1. The Morgan fingerprint density at radius 3 is 2.07 bits per heavy atom. The third-order valence-electron chi connectivity index (χ3n) is 7.92. The number of rotatable bonds is 7. The van der Waals surface area contributed by atoms with E-state index in [9.17, 15) is 4.79 Å². The molecule has 6 heteroatoms. The largest absolute Gasteiger partial charge is 0.400 e. The molecule has 5 aromatic rings. The molecular formula is C37H38BrN3O2. The maximum atomic E-state index is 14.6. The normalized spacial score (nSPS) is 15.1. The Morgan fingerprint density at radius 2 is 1.42 bits per heavy atom. The molecule has 5 nitrogen and oxygen atoms in total. The van der Waals surface area contributed by atoms with Crippen LogP contribution in [0.2, 0.25) is 0 Å². The summed E-state index contributed by atoms with van der Waals surface area (Å²) in [5.41, 5.74) is 7.35. The molecule has 1 aliphatic heterocycles. The van der Waals surface area contributed by atoms with E-state index in [4.69, 9.17) is 5.11 Å². The van der Waals surface area contributed by atoms with Crippen molar-refractivity contribution >= 4 is 21.8 Å². The number of aliphatic hydroxyl groups is 1. The van der Waals surface area contributed by atoms with Crippen LogP contribution in [0, 0.1) is 6.92 Å². The molecule has 1 aromatic heterocycles. The van der Waals surface area contributed by atoms with Gasteiger partial charge in [0.2, 0.25) is 0 Å². The first-order valence-corrected chi connectivity index (χ1v) is 15.5. The highest BCUT2D eigenvalue weighted by Crippen LogP contribution is 2.33. The lowest BCUT2D eigenvalue weighted by Gasteiger charge is -2.42. The number of piperazine rings is 1. The fraction of sp³-hybridized carbons (Fsp3) is 0.216. The zero-order valence-corrected chi connectivity index (χ0v) is 26.3. The van der Waals surface area contributed by atoms with Gasteiger partial charge < -0.3 is 14.6 Å². The van der Waals surface area contributed by atoms with E-state index >= 15 is 0 Å². The lowest BCUT2D eigenvalue weighted by Crippen LogP contribution is -2.55. The standard InChI is InChI=1S/C36H34BrN3O.CH4O/c1-27-22-34(35(30-16-9-4-10-17-30)40(27)32-19-11-18-31(37)24-32)36(41)39-21-20-38(25-29-14-7-3-8-15-29)26-33(39)23-28-12-5-2-6-13-28;1-2/h2-19,22,24,33H,20-21,23,25-26H2,1H3;2H,1H3/t33-;/m1./s1. The van der Waals surface area contributed by atoms with Crippen molar-refractivity contribution in [1.82, 2.24) is 14.4 Å². The number of nitrogens with zero attached hydrogens (tertiary/aromatic N) is 3. The maximum absolute atomic E-state index is 14.6. The van der Waals surface area contributed by atoms with Gasteiger partial charge in [-0.3, -0.25) is 9.69 Å². The van der Waals surface area contributed by atoms with Crippen LogP contribution >= 0.6 is 15.9 Å². The summed E-state index contributed by atoms with van der Waals surface area (Å²) >= 11 is 3.64. The number of aromatic nitrogens is 1. The van der Waals surface area contributed by atoms with Crippen LogP contribution < -0.4 is 0 Å². The first-order valence-electron chi connectivity index (χ1n) is 14.7. The molecule has 0 saturated carbocycles. The zero-order chi connectivity index (χ0) is 30.2.